The molecule has 1 heterocycles. The van der Waals surface area contributed by atoms with Crippen molar-refractivity contribution in [2.45, 2.75) is 25.3 Å². The first-order chi connectivity index (χ1) is 8.20. The molecule has 1 amide bonds. The quantitative estimate of drug-likeness (QED) is 0.866. The first-order valence-electron chi connectivity index (χ1n) is 5.77. The number of hydrogen-bond donors (Lipinski definition) is 1. The number of likely N-dealkylation sites (tertiary alicyclic amines) is 1. The van der Waals surface area contributed by atoms with Crippen LogP contribution in [0.3, 0.4) is 0 Å². The zero-order valence-electron chi connectivity index (χ0n) is 9.50. The molecular weight excluding hydrogens is 218 g/mol. The van der Waals surface area contributed by atoms with Gasteiger partial charge in [0.05, 0.1) is 0 Å². The van der Waals surface area contributed by atoms with E-state index < -0.39 is 12.0 Å². The van der Waals surface area contributed by atoms with Gasteiger partial charge in [-0.25, -0.2) is 4.79 Å². The van der Waals surface area contributed by atoms with Crippen molar-refractivity contribution < 1.29 is 14.7 Å². The van der Waals surface area contributed by atoms with Crippen molar-refractivity contribution >= 4 is 11.9 Å². The fraction of sp³-hybridized carbons (Fsp3) is 0.385. The van der Waals surface area contributed by atoms with Gasteiger partial charge >= 0.3 is 5.97 Å². The van der Waals surface area contributed by atoms with E-state index in [1.54, 1.807) is 24.3 Å². The molecule has 1 fully saturated rings. The highest BCUT2D eigenvalue weighted by Crippen LogP contribution is 2.25. The third-order valence-electron chi connectivity index (χ3n) is 3.02. The van der Waals surface area contributed by atoms with Gasteiger partial charge in [-0.1, -0.05) is 30.3 Å². The number of carboxylic acid groups (broad SMARTS) is 1. The monoisotopic (exact) mass is 233 g/mol. The maximum atomic E-state index is 11.8. The molecule has 90 valence electrons. The second-order valence-corrected chi connectivity index (χ2v) is 4.20. The topological polar surface area (TPSA) is 57.6 Å². The average molecular weight is 233 g/mol. The maximum absolute atomic E-state index is 11.8. The molecule has 1 aromatic carbocycles. The Balaban J connectivity index is 2.29. The number of amides is 1. The van der Waals surface area contributed by atoms with E-state index in [-0.39, 0.29) is 5.91 Å². The molecule has 0 spiro atoms. The summed E-state index contributed by atoms with van der Waals surface area (Å²) < 4.78 is 0. The zero-order valence-corrected chi connectivity index (χ0v) is 9.50. The minimum Gasteiger partial charge on any atom is -0.479 e. The summed E-state index contributed by atoms with van der Waals surface area (Å²) in [6, 6.07) is 8.07. The van der Waals surface area contributed by atoms with Crippen LogP contribution >= 0.6 is 0 Å². The summed E-state index contributed by atoms with van der Waals surface area (Å²) >= 11 is 0. The van der Waals surface area contributed by atoms with Crippen LogP contribution in [0.4, 0.5) is 0 Å². The number of carboxylic acids is 1. The summed E-state index contributed by atoms with van der Waals surface area (Å²) in [6.07, 6.45) is 2.19. The summed E-state index contributed by atoms with van der Waals surface area (Å²) in [7, 11) is 0. The second-order valence-electron chi connectivity index (χ2n) is 4.20. The molecule has 1 aliphatic heterocycles. The van der Waals surface area contributed by atoms with Crippen LogP contribution in [0.5, 0.6) is 0 Å². The average Bonchev–Trinajstić information content (AvgIpc) is 2.33. The van der Waals surface area contributed by atoms with E-state index in [0.29, 0.717) is 18.5 Å². The van der Waals surface area contributed by atoms with E-state index in [9.17, 15) is 14.7 Å². The van der Waals surface area contributed by atoms with Gasteiger partial charge in [0, 0.05) is 13.0 Å². The summed E-state index contributed by atoms with van der Waals surface area (Å²) in [5, 5.41) is 9.30. The van der Waals surface area contributed by atoms with Gasteiger partial charge in [-0.2, -0.15) is 0 Å². The van der Waals surface area contributed by atoms with E-state index in [1.165, 1.54) is 4.90 Å². The lowest BCUT2D eigenvalue weighted by atomic mass is 10.0. The molecule has 1 atom stereocenters. The van der Waals surface area contributed by atoms with Crippen LogP contribution < -0.4 is 0 Å². The Bertz CT molecular complexity index is 416. The van der Waals surface area contributed by atoms with Crippen molar-refractivity contribution in [3.63, 3.8) is 0 Å². The maximum Gasteiger partial charge on any atom is 0.331 e. The Morgan fingerprint density at radius 1 is 1.24 bits per heavy atom. The van der Waals surface area contributed by atoms with Crippen molar-refractivity contribution in [1.29, 1.82) is 0 Å². The number of hydrogen-bond acceptors (Lipinski definition) is 2. The van der Waals surface area contributed by atoms with Gasteiger partial charge in [0.2, 0.25) is 5.91 Å². The normalized spacial score (nSPS) is 17.9. The molecule has 4 heteroatoms. The van der Waals surface area contributed by atoms with Crippen LogP contribution in [-0.4, -0.2) is 28.4 Å². The number of aliphatic carboxylic acids is 1. The summed E-state index contributed by atoms with van der Waals surface area (Å²) in [5.41, 5.74) is 0.662. The Kier molecular flexibility index (Phi) is 3.42. The van der Waals surface area contributed by atoms with Crippen molar-refractivity contribution in [3.05, 3.63) is 35.9 Å². The lowest BCUT2D eigenvalue weighted by molar-refractivity contribution is -0.152. The van der Waals surface area contributed by atoms with Crippen LogP contribution in [0.2, 0.25) is 0 Å². The van der Waals surface area contributed by atoms with Gasteiger partial charge in [0.15, 0.2) is 6.04 Å². The van der Waals surface area contributed by atoms with E-state index >= 15 is 0 Å². The van der Waals surface area contributed by atoms with Crippen LogP contribution in [0.15, 0.2) is 30.3 Å². The lowest BCUT2D eigenvalue weighted by Gasteiger charge is -2.32. The predicted octanol–water partition coefficient (Wildman–Crippen LogP) is 1.82. The number of carbonyl (C=O) groups is 2. The van der Waals surface area contributed by atoms with Crippen LogP contribution in [-0.2, 0) is 9.59 Å². The molecule has 0 radical (unpaired) electrons. The van der Waals surface area contributed by atoms with Gasteiger partial charge < -0.3 is 10.0 Å². The number of piperidine rings is 1. The van der Waals surface area contributed by atoms with Gasteiger partial charge in [0.25, 0.3) is 0 Å². The Morgan fingerprint density at radius 2 is 1.94 bits per heavy atom. The second kappa shape index (κ2) is 4.99. The molecule has 1 unspecified atom stereocenters. The Morgan fingerprint density at radius 3 is 2.53 bits per heavy atom. The minimum absolute atomic E-state index is 0.0625. The first-order valence-corrected chi connectivity index (χ1v) is 5.77. The number of benzene rings is 1. The molecule has 1 N–H and O–H groups in total. The third-order valence-corrected chi connectivity index (χ3v) is 3.02. The molecule has 1 aromatic rings. The molecular formula is C13H15NO3. The summed E-state index contributed by atoms with van der Waals surface area (Å²) in [6.45, 7) is 0.532. The number of rotatable bonds is 3. The molecule has 0 aliphatic carbocycles. The minimum atomic E-state index is -0.966. The lowest BCUT2D eigenvalue weighted by Crippen LogP contribution is -2.41. The van der Waals surface area contributed by atoms with E-state index in [2.05, 4.69) is 0 Å². The number of nitrogens with zero attached hydrogens (tertiary/aromatic N) is 1. The molecule has 2 rings (SSSR count). The van der Waals surface area contributed by atoms with E-state index in [0.717, 1.165) is 12.8 Å². The molecule has 0 bridgehead atoms. The molecule has 0 saturated carbocycles. The zero-order chi connectivity index (χ0) is 12.3. The fourth-order valence-corrected chi connectivity index (χ4v) is 2.19. The molecule has 4 nitrogen and oxygen atoms in total. The summed E-state index contributed by atoms with van der Waals surface area (Å²) in [5.74, 6) is -1.03. The highest BCUT2D eigenvalue weighted by molar-refractivity contribution is 5.85. The van der Waals surface area contributed by atoms with E-state index in [1.807, 2.05) is 6.07 Å². The first kappa shape index (κ1) is 11.6. The third kappa shape index (κ3) is 2.46. The largest absolute Gasteiger partial charge is 0.479 e. The van der Waals surface area contributed by atoms with Crippen LogP contribution in [0.1, 0.15) is 30.9 Å². The highest BCUT2D eigenvalue weighted by Gasteiger charge is 2.32. The van der Waals surface area contributed by atoms with Crippen LogP contribution in [0.25, 0.3) is 0 Å². The predicted molar refractivity (Wildman–Crippen MR) is 62.4 cm³/mol. The highest BCUT2D eigenvalue weighted by atomic mass is 16.4. The molecule has 17 heavy (non-hydrogen) atoms. The van der Waals surface area contributed by atoms with Gasteiger partial charge in [-0.15, -0.1) is 0 Å². The Labute approximate surface area is 99.9 Å². The van der Waals surface area contributed by atoms with E-state index in [4.69, 9.17) is 0 Å². The molecule has 1 aliphatic rings. The van der Waals surface area contributed by atoms with Crippen molar-refractivity contribution in [2.75, 3.05) is 6.54 Å². The standard InChI is InChI=1S/C13H15NO3/c15-11-8-4-5-9-14(11)12(13(16)17)10-6-2-1-3-7-10/h1-3,6-7,12H,4-5,8-9H2,(H,16,17). The SMILES string of the molecule is O=C(O)C(c1ccccc1)N1CCCCC1=O. The van der Waals surface area contributed by atoms with Gasteiger partial charge in [-0.05, 0) is 18.4 Å². The fourth-order valence-electron chi connectivity index (χ4n) is 2.19. The van der Waals surface area contributed by atoms with Gasteiger partial charge in [-0.3, -0.25) is 4.79 Å². The van der Waals surface area contributed by atoms with Crippen molar-refractivity contribution in [3.8, 4) is 0 Å². The molecule has 1 saturated heterocycles. The van der Waals surface area contributed by atoms with Gasteiger partial charge in [0.1, 0.15) is 0 Å². The van der Waals surface area contributed by atoms with Crippen molar-refractivity contribution in [1.82, 2.24) is 4.90 Å². The smallest absolute Gasteiger partial charge is 0.331 e. The molecule has 0 aromatic heterocycles. The van der Waals surface area contributed by atoms with Crippen molar-refractivity contribution in [2.24, 2.45) is 0 Å². The Hall–Kier alpha value is -1.84. The summed E-state index contributed by atoms with van der Waals surface area (Å²) in [4.78, 5) is 24.6. The number of carbonyl (C=O) groups excluding carboxylic acids is 1. The van der Waals surface area contributed by atoms with Crippen LogP contribution in [0, 0.1) is 0 Å².